The Balaban J connectivity index is 1.98. The van der Waals surface area contributed by atoms with E-state index in [1.54, 1.807) is 18.2 Å². The Morgan fingerprint density at radius 1 is 1.14 bits per heavy atom. The summed E-state index contributed by atoms with van der Waals surface area (Å²) in [7, 11) is 0. The average Bonchev–Trinajstić information content (AvgIpc) is 2.48. The van der Waals surface area contributed by atoms with Crippen LogP contribution in [0.4, 0.5) is 10.1 Å². The number of hydrogen-bond acceptors (Lipinski definition) is 2. The van der Waals surface area contributed by atoms with E-state index in [4.69, 9.17) is 12.2 Å². The van der Waals surface area contributed by atoms with E-state index < -0.39 is 0 Å². The summed E-state index contributed by atoms with van der Waals surface area (Å²) in [4.78, 5) is 0. The predicted molar refractivity (Wildman–Crippen MR) is 92.1 cm³/mol. The summed E-state index contributed by atoms with van der Waals surface area (Å²) >= 11 is 8.46. The molecule has 2 aromatic rings. The van der Waals surface area contributed by atoms with Gasteiger partial charge in [0.2, 0.25) is 0 Å². The first-order valence-electron chi connectivity index (χ1n) is 6.18. The van der Waals surface area contributed by atoms with E-state index >= 15 is 0 Å². The van der Waals surface area contributed by atoms with Gasteiger partial charge in [-0.15, -0.1) is 0 Å². The predicted octanol–water partition coefficient (Wildman–Crippen LogP) is 4.30. The Labute approximate surface area is 136 Å². The molecule has 0 unspecified atom stereocenters. The van der Waals surface area contributed by atoms with Gasteiger partial charge in [0.05, 0.1) is 11.4 Å². The summed E-state index contributed by atoms with van der Waals surface area (Å²) in [6.45, 7) is 1.86. The molecule has 0 aliphatic carbocycles. The highest BCUT2D eigenvalue weighted by Gasteiger charge is 2.02. The van der Waals surface area contributed by atoms with Crippen molar-refractivity contribution in [3.8, 4) is 0 Å². The number of hydrogen-bond donors (Lipinski definition) is 2. The van der Waals surface area contributed by atoms with Crippen LogP contribution in [0.2, 0.25) is 0 Å². The number of thiocarbonyl (C=S) groups is 1. The van der Waals surface area contributed by atoms with Gasteiger partial charge in [0.25, 0.3) is 0 Å². The number of anilines is 1. The summed E-state index contributed by atoms with van der Waals surface area (Å²) in [5, 5.41) is 7.16. The van der Waals surface area contributed by atoms with Crippen LogP contribution in [0.5, 0.6) is 0 Å². The van der Waals surface area contributed by atoms with Crippen molar-refractivity contribution in [2.75, 3.05) is 5.32 Å². The van der Waals surface area contributed by atoms with Crippen molar-refractivity contribution < 1.29 is 4.39 Å². The van der Waals surface area contributed by atoms with Gasteiger partial charge in [0.1, 0.15) is 5.82 Å². The van der Waals surface area contributed by atoms with E-state index in [2.05, 4.69) is 31.8 Å². The van der Waals surface area contributed by atoms with Gasteiger partial charge in [-0.25, -0.2) is 4.39 Å². The minimum atomic E-state index is -0.365. The Hall–Kier alpha value is -1.79. The number of rotatable bonds is 3. The highest BCUT2D eigenvalue weighted by molar-refractivity contribution is 9.10. The largest absolute Gasteiger partial charge is 0.329 e. The molecule has 0 radical (unpaired) electrons. The lowest BCUT2D eigenvalue weighted by molar-refractivity contribution is 0.632. The Bertz CT molecular complexity index is 671. The fourth-order valence-electron chi connectivity index (χ4n) is 1.60. The van der Waals surface area contributed by atoms with Crippen LogP contribution in [-0.4, -0.2) is 10.8 Å². The fraction of sp³-hybridized carbons (Fsp3) is 0.0667. The first-order chi connectivity index (χ1) is 10.1. The molecule has 0 fully saturated rings. The topological polar surface area (TPSA) is 36.4 Å². The van der Waals surface area contributed by atoms with Crippen molar-refractivity contribution in [1.82, 2.24) is 5.43 Å². The maximum absolute atomic E-state index is 13.5. The van der Waals surface area contributed by atoms with Crippen molar-refractivity contribution >= 4 is 44.7 Å². The van der Waals surface area contributed by atoms with E-state index in [-0.39, 0.29) is 10.9 Å². The van der Waals surface area contributed by atoms with Crippen LogP contribution in [-0.2, 0) is 0 Å². The molecule has 2 N–H and O–H groups in total. The highest BCUT2D eigenvalue weighted by atomic mass is 79.9. The van der Waals surface area contributed by atoms with Crippen LogP contribution in [0.1, 0.15) is 12.5 Å². The van der Waals surface area contributed by atoms with Crippen molar-refractivity contribution in [3.05, 3.63) is 64.4 Å². The molecule has 0 saturated heterocycles. The highest BCUT2D eigenvalue weighted by Crippen LogP contribution is 2.12. The zero-order valence-corrected chi connectivity index (χ0v) is 13.6. The average molecular weight is 366 g/mol. The summed E-state index contributed by atoms with van der Waals surface area (Å²) in [5.41, 5.74) is 4.76. The maximum atomic E-state index is 13.5. The van der Waals surface area contributed by atoms with Crippen LogP contribution in [0.15, 0.2) is 58.1 Å². The third-order valence-electron chi connectivity index (χ3n) is 2.71. The zero-order valence-electron chi connectivity index (χ0n) is 11.2. The molecule has 0 spiro atoms. The molecule has 0 saturated carbocycles. The van der Waals surface area contributed by atoms with E-state index in [0.29, 0.717) is 5.69 Å². The number of halogens is 2. The van der Waals surface area contributed by atoms with Crippen molar-refractivity contribution in [3.63, 3.8) is 0 Å². The first-order valence-corrected chi connectivity index (χ1v) is 7.38. The van der Waals surface area contributed by atoms with Gasteiger partial charge in [-0.05, 0) is 49.0 Å². The lowest BCUT2D eigenvalue weighted by atomic mass is 10.1. The Kier molecular flexibility index (Phi) is 5.41. The molecule has 0 heterocycles. The van der Waals surface area contributed by atoms with E-state index in [9.17, 15) is 4.39 Å². The molecule has 0 aliphatic rings. The van der Waals surface area contributed by atoms with Crippen LogP contribution in [0.25, 0.3) is 0 Å². The lowest BCUT2D eigenvalue weighted by Crippen LogP contribution is -2.25. The number of nitrogens with one attached hydrogen (secondary N) is 2. The molecule has 2 aromatic carbocycles. The molecule has 0 aliphatic heterocycles. The van der Waals surface area contributed by atoms with Gasteiger partial charge in [-0.2, -0.15) is 5.10 Å². The van der Waals surface area contributed by atoms with E-state index in [1.807, 2.05) is 31.2 Å². The molecule has 108 valence electrons. The van der Waals surface area contributed by atoms with Crippen LogP contribution in [0, 0.1) is 5.82 Å². The van der Waals surface area contributed by atoms with Gasteiger partial charge < -0.3 is 5.32 Å². The summed E-state index contributed by atoms with van der Waals surface area (Å²) < 4.78 is 14.5. The normalized spacial score (nSPS) is 11.1. The minimum Gasteiger partial charge on any atom is -0.329 e. The van der Waals surface area contributed by atoms with Crippen molar-refractivity contribution in [1.29, 1.82) is 0 Å². The molecule has 0 amide bonds. The second-order valence-corrected chi connectivity index (χ2v) is 5.57. The second-order valence-electron chi connectivity index (χ2n) is 4.25. The maximum Gasteiger partial charge on any atom is 0.191 e. The SMILES string of the molecule is C/C(=N\NC(=S)Nc1ccccc1F)c1ccc(Br)cc1. The number of para-hydroxylation sites is 1. The smallest absolute Gasteiger partial charge is 0.191 e. The number of benzene rings is 2. The van der Waals surface area contributed by atoms with Gasteiger partial charge in [-0.1, -0.05) is 40.2 Å². The molecule has 0 aromatic heterocycles. The van der Waals surface area contributed by atoms with Gasteiger partial charge in [-0.3, -0.25) is 5.43 Å². The third-order valence-corrected chi connectivity index (χ3v) is 3.43. The van der Waals surface area contributed by atoms with Crippen LogP contribution in [0.3, 0.4) is 0 Å². The molecule has 6 heteroatoms. The minimum absolute atomic E-state index is 0.233. The lowest BCUT2D eigenvalue weighted by Gasteiger charge is -2.08. The first kappa shape index (κ1) is 15.6. The molecule has 3 nitrogen and oxygen atoms in total. The zero-order chi connectivity index (χ0) is 15.2. The summed E-state index contributed by atoms with van der Waals surface area (Å²) in [5.74, 6) is -0.365. The van der Waals surface area contributed by atoms with Gasteiger partial charge in [0, 0.05) is 4.47 Å². The van der Waals surface area contributed by atoms with Crippen LogP contribution < -0.4 is 10.7 Å². The monoisotopic (exact) mass is 365 g/mol. The molecular weight excluding hydrogens is 353 g/mol. The fourth-order valence-corrected chi connectivity index (χ4v) is 2.02. The second kappa shape index (κ2) is 7.28. The molecule has 0 bridgehead atoms. The third kappa shape index (κ3) is 4.61. The van der Waals surface area contributed by atoms with Crippen molar-refractivity contribution in [2.45, 2.75) is 6.92 Å². The van der Waals surface area contributed by atoms with Crippen molar-refractivity contribution in [2.24, 2.45) is 5.10 Å². The van der Waals surface area contributed by atoms with Crippen LogP contribution >= 0.6 is 28.1 Å². The Morgan fingerprint density at radius 2 is 1.81 bits per heavy atom. The summed E-state index contributed by atoms with van der Waals surface area (Å²) in [6.07, 6.45) is 0. The van der Waals surface area contributed by atoms with E-state index in [0.717, 1.165) is 15.7 Å². The summed E-state index contributed by atoms with van der Waals surface area (Å²) in [6, 6.07) is 14.1. The quantitative estimate of drug-likeness (QED) is 0.483. The molecule has 21 heavy (non-hydrogen) atoms. The molecule has 2 rings (SSSR count). The van der Waals surface area contributed by atoms with Gasteiger partial charge in [0.15, 0.2) is 5.11 Å². The van der Waals surface area contributed by atoms with E-state index in [1.165, 1.54) is 6.07 Å². The molecular formula is C15H13BrFN3S. The number of hydrazone groups is 1. The Morgan fingerprint density at radius 3 is 2.48 bits per heavy atom. The number of nitrogens with zero attached hydrogens (tertiary/aromatic N) is 1. The van der Waals surface area contributed by atoms with Gasteiger partial charge >= 0.3 is 0 Å². The standard InChI is InChI=1S/C15H13BrFN3S/c1-10(11-6-8-12(16)9-7-11)19-20-15(21)18-14-5-3-2-4-13(14)17/h2-9H,1H3,(H2,18,20,21)/b19-10+. The molecule has 0 atom stereocenters.